The zero-order chi connectivity index (χ0) is 14.4. The van der Waals surface area contributed by atoms with E-state index >= 15 is 0 Å². The molecule has 0 heterocycles. The summed E-state index contributed by atoms with van der Waals surface area (Å²) in [6.07, 6.45) is 1.73. The van der Waals surface area contributed by atoms with Crippen LogP contribution in [0.3, 0.4) is 0 Å². The van der Waals surface area contributed by atoms with Gasteiger partial charge in [-0.15, -0.1) is 5.73 Å². The highest BCUT2D eigenvalue weighted by molar-refractivity contribution is 6.30. The Bertz CT molecular complexity index is 651. The van der Waals surface area contributed by atoms with Gasteiger partial charge in [0.25, 0.3) is 0 Å². The van der Waals surface area contributed by atoms with E-state index in [4.69, 9.17) is 16.3 Å². The zero-order valence-electron chi connectivity index (χ0n) is 11.0. The van der Waals surface area contributed by atoms with Crippen molar-refractivity contribution >= 4 is 29.2 Å². The average Bonchev–Trinajstić information content (AvgIpc) is 2.50. The molecule has 0 aromatic heterocycles. The predicted molar refractivity (Wildman–Crippen MR) is 81.3 cm³/mol. The Kier molecular flexibility index (Phi) is 4.78. The fraction of sp³-hybridized carbons (Fsp3) is 0.0588. The second kappa shape index (κ2) is 6.76. The van der Waals surface area contributed by atoms with Crippen molar-refractivity contribution < 1.29 is 9.53 Å². The summed E-state index contributed by atoms with van der Waals surface area (Å²) >= 11 is 5.83. The van der Waals surface area contributed by atoms with Crippen LogP contribution in [0.2, 0.25) is 5.02 Å². The Hall–Kier alpha value is -2.28. The second-order valence-corrected chi connectivity index (χ2v) is 4.51. The fourth-order valence-electron chi connectivity index (χ4n) is 1.68. The van der Waals surface area contributed by atoms with Crippen molar-refractivity contribution in [2.24, 2.45) is 0 Å². The summed E-state index contributed by atoms with van der Waals surface area (Å²) in [7, 11) is 1.36. The van der Waals surface area contributed by atoms with Crippen molar-refractivity contribution in [2.45, 2.75) is 0 Å². The summed E-state index contributed by atoms with van der Waals surface area (Å²) < 4.78 is 4.79. The maximum Gasteiger partial charge on any atom is 0.346 e. The van der Waals surface area contributed by atoms with Gasteiger partial charge in [0.15, 0.2) is 0 Å². The van der Waals surface area contributed by atoms with Crippen molar-refractivity contribution in [3.63, 3.8) is 0 Å². The Balaban J connectivity index is 2.43. The van der Waals surface area contributed by atoms with E-state index < -0.39 is 5.97 Å². The number of rotatable bonds is 3. The van der Waals surface area contributed by atoms with E-state index in [-0.39, 0.29) is 0 Å². The zero-order valence-corrected chi connectivity index (χ0v) is 11.7. The molecule has 0 radical (unpaired) electrons. The number of hydrogen-bond acceptors (Lipinski definition) is 2. The minimum Gasteiger partial charge on any atom is -0.465 e. The van der Waals surface area contributed by atoms with Gasteiger partial charge in [-0.25, -0.2) is 4.79 Å². The lowest BCUT2D eigenvalue weighted by Crippen LogP contribution is -2.02. The Morgan fingerprint density at radius 1 is 1.10 bits per heavy atom. The van der Waals surface area contributed by atoms with Gasteiger partial charge in [-0.1, -0.05) is 54.1 Å². The maximum absolute atomic E-state index is 11.8. The molecule has 0 N–H and O–H groups in total. The van der Waals surface area contributed by atoms with Crippen LogP contribution >= 0.6 is 11.6 Å². The molecule has 20 heavy (non-hydrogen) atoms. The van der Waals surface area contributed by atoms with Gasteiger partial charge >= 0.3 is 5.97 Å². The first-order valence-electron chi connectivity index (χ1n) is 6.06. The molecule has 0 atom stereocenters. The molecule has 0 bridgehead atoms. The van der Waals surface area contributed by atoms with Gasteiger partial charge in [0, 0.05) is 5.02 Å². The normalized spacial score (nSPS) is 9.50. The molecule has 0 aliphatic rings. The second-order valence-electron chi connectivity index (χ2n) is 4.07. The summed E-state index contributed by atoms with van der Waals surface area (Å²) in [6, 6.07) is 16.6. The first-order chi connectivity index (χ1) is 9.70. The van der Waals surface area contributed by atoms with Crippen molar-refractivity contribution in [1.82, 2.24) is 0 Å². The number of hydrogen-bond donors (Lipinski definition) is 0. The molecule has 3 heteroatoms. The number of esters is 1. The summed E-state index contributed by atoms with van der Waals surface area (Å²) in [6.45, 7) is 0. The first-order valence-corrected chi connectivity index (χ1v) is 6.44. The van der Waals surface area contributed by atoms with Crippen LogP contribution in [0.5, 0.6) is 0 Å². The van der Waals surface area contributed by atoms with Crippen LogP contribution < -0.4 is 0 Å². The molecule has 2 aromatic carbocycles. The van der Waals surface area contributed by atoms with Crippen LogP contribution in [0.4, 0.5) is 0 Å². The van der Waals surface area contributed by atoms with Crippen LogP contribution in [0.1, 0.15) is 11.1 Å². The smallest absolute Gasteiger partial charge is 0.346 e. The Labute approximate surface area is 123 Å². The van der Waals surface area contributed by atoms with E-state index in [2.05, 4.69) is 5.73 Å². The van der Waals surface area contributed by atoms with Gasteiger partial charge in [0.05, 0.1) is 7.11 Å². The van der Waals surface area contributed by atoms with Crippen molar-refractivity contribution in [2.75, 3.05) is 7.11 Å². The molecule has 0 spiro atoms. The lowest BCUT2D eigenvalue weighted by Gasteiger charge is -2.02. The first kappa shape index (κ1) is 14.1. The highest BCUT2D eigenvalue weighted by atomic mass is 35.5. The molecule has 2 aromatic rings. The number of ether oxygens (including phenoxy) is 1. The molecule has 0 saturated heterocycles. The summed E-state index contributed by atoms with van der Waals surface area (Å²) in [5.41, 5.74) is 5.07. The van der Waals surface area contributed by atoms with Crippen molar-refractivity contribution in [1.29, 1.82) is 0 Å². The summed E-state index contributed by atoms with van der Waals surface area (Å²) in [5.74, 6) is -0.415. The molecule has 0 aliphatic carbocycles. The minimum absolute atomic E-state index is 0.392. The number of carbonyl (C=O) groups is 1. The van der Waals surface area contributed by atoms with Crippen molar-refractivity contribution in [3.8, 4) is 0 Å². The SMILES string of the molecule is COC(=O)C(=C=Cc1ccc(Cl)cc1)c1ccccc1. The quantitative estimate of drug-likeness (QED) is 0.479. The lowest BCUT2D eigenvalue weighted by atomic mass is 10.1. The largest absolute Gasteiger partial charge is 0.465 e. The van der Waals surface area contributed by atoms with Crippen LogP contribution in [0.25, 0.3) is 11.6 Å². The molecule has 2 rings (SSSR count). The number of carbonyl (C=O) groups excluding carboxylic acids is 1. The molecule has 0 aliphatic heterocycles. The highest BCUT2D eigenvalue weighted by Crippen LogP contribution is 2.16. The molecule has 0 fully saturated rings. The van der Waals surface area contributed by atoms with E-state index in [1.165, 1.54) is 7.11 Å². The van der Waals surface area contributed by atoms with E-state index in [1.54, 1.807) is 18.2 Å². The van der Waals surface area contributed by atoms with Crippen LogP contribution in [-0.2, 0) is 9.53 Å². The van der Waals surface area contributed by atoms with Gasteiger partial charge in [-0.05, 0) is 29.3 Å². The van der Waals surface area contributed by atoms with Gasteiger partial charge in [0.1, 0.15) is 5.57 Å². The lowest BCUT2D eigenvalue weighted by molar-refractivity contribution is -0.133. The summed E-state index contributed by atoms with van der Waals surface area (Å²) in [4.78, 5) is 11.8. The monoisotopic (exact) mass is 284 g/mol. The molecular weight excluding hydrogens is 272 g/mol. The number of methoxy groups -OCH3 is 1. The summed E-state index contributed by atoms with van der Waals surface area (Å²) in [5, 5.41) is 0.669. The fourth-order valence-corrected chi connectivity index (χ4v) is 1.81. The van der Waals surface area contributed by atoms with E-state index in [0.29, 0.717) is 10.6 Å². The molecular formula is C17H13ClO2. The van der Waals surface area contributed by atoms with E-state index in [1.807, 2.05) is 42.5 Å². The third kappa shape index (κ3) is 3.61. The van der Waals surface area contributed by atoms with Gasteiger partial charge in [-0.3, -0.25) is 0 Å². The standard InChI is InChI=1S/C17H13ClO2/c1-20-17(19)16(14-5-3-2-4-6-14)12-9-13-7-10-15(18)11-8-13/h2-11H,1H3. The Morgan fingerprint density at radius 2 is 1.75 bits per heavy atom. The number of benzene rings is 2. The van der Waals surface area contributed by atoms with Crippen molar-refractivity contribution in [3.05, 3.63) is 76.5 Å². The molecule has 0 unspecified atom stereocenters. The van der Waals surface area contributed by atoms with E-state index in [9.17, 15) is 4.79 Å². The molecule has 100 valence electrons. The van der Waals surface area contributed by atoms with Gasteiger partial charge < -0.3 is 4.74 Å². The molecule has 2 nitrogen and oxygen atoms in total. The third-order valence-electron chi connectivity index (χ3n) is 2.71. The minimum atomic E-state index is -0.415. The van der Waals surface area contributed by atoms with E-state index in [0.717, 1.165) is 11.1 Å². The van der Waals surface area contributed by atoms with Crippen LogP contribution in [0.15, 0.2) is 60.3 Å². The highest BCUT2D eigenvalue weighted by Gasteiger charge is 2.10. The average molecular weight is 285 g/mol. The third-order valence-corrected chi connectivity index (χ3v) is 2.96. The Morgan fingerprint density at radius 3 is 2.35 bits per heavy atom. The molecule has 0 amide bonds. The molecule has 0 saturated carbocycles. The van der Waals surface area contributed by atoms with Gasteiger partial charge in [0.2, 0.25) is 0 Å². The van der Waals surface area contributed by atoms with Crippen LogP contribution in [0, 0.1) is 0 Å². The maximum atomic E-state index is 11.8. The topological polar surface area (TPSA) is 26.3 Å². The predicted octanol–water partition coefficient (Wildman–Crippen LogP) is 4.21. The van der Waals surface area contributed by atoms with Crippen LogP contribution in [-0.4, -0.2) is 13.1 Å². The number of halogens is 1. The van der Waals surface area contributed by atoms with Gasteiger partial charge in [-0.2, -0.15) is 0 Å².